The number of nitrogens with one attached hydrogen (secondary N) is 1. The summed E-state index contributed by atoms with van der Waals surface area (Å²) in [4.78, 5) is 24.0. The average molecular weight is 435 g/mol. The first-order valence-corrected chi connectivity index (χ1v) is 10.3. The summed E-state index contributed by atoms with van der Waals surface area (Å²) in [5, 5.41) is 3.31. The zero-order valence-corrected chi connectivity index (χ0v) is 18.2. The van der Waals surface area contributed by atoms with Gasteiger partial charge in [0.1, 0.15) is 5.82 Å². The van der Waals surface area contributed by atoms with Gasteiger partial charge in [0.15, 0.2) is 0 Å². The lowest BCUT2D eigenvalue weighted by atomic mass is 9.89. The van der Waals surface area contributed by atoms with Crippen LogP contribution in [0.15, 0.2) is 30.3 Å². The Morgan fingerprint density at radius 1 is 1.06 bits per heavy atom. The number of alkyl halides is 3. The molecule has 0 bridgehead atoms. The summed E-state index contributed by atoms with van der Waals surface area (Å²) in [5.41, 5.74) is 1.92. The Labute approximate surface area is 180 Å². The smallest absolute Gasteiger partial charge is 0.363 e. The van der Waals surface area contributed by atoms with E-state index in [9.17, 15) is 18.0 Å². The maximum absolute atomic E-state index is 13.3. The highest BCUT2D eigenvalue weighted by atomic mass is 19.4. The zero-order valence-electron chi connectivity index (χ0n) is 18.2. The fourth-order valence-corrected chi connectivity index (χ4v) is 3.91. The molecule has 1 fully saturated rings. The molecule has 2 aromatic rings. The van der Waals surface area contributed by atoms with Crippen molar-refractivity contribution in [2.45, 2.75) is 57.8 Å². The lowest BCUT2D eigenvalue weighted by molar-refractivity contribution is -0.171. The number of nitrogens with zero attached hydrogens (tertiary/aromatic N) is 4. The number of hydrogen-bond acceptors (Lipinski definition) is 5. The molecule has 168 valence electrons. The third-order valence-corrected chi connectivity index (χ3v) is 5.44. The summed E-state index contributed by atoms with van der Waals surface area (Å²) in [6, 6.07) is 8.06. The van der Waals surface area contributed by atoms with Gasteiger partial charge in [-0.2, -0.15) is 18.2 Å². The molecule has 1 aromatic heterocycles. The highest BCUT2D eigenvalue weighted by molar-refractivity contribution is 5.98. The van der Waals surface area contributed by atoms with Crippen molar-refractivity contribution >= 4 is 23.4 Å². The molecule has 1 aliphatic carbocycles. The summed E-state index contributed by atoms with van der Waals surface area (Å²) in [7, 11) is 3.79. The van der Waals surface area contributed by atoms with Crippen LogP contribution in [0, 0.1) is 13.8 Å². The zero-order chi connectivity index (χ0) is 22.8. The molecule has 1 aliphatic rings. The first-order chi connectivity index (χ1) is 14.5. The molecule has 6 nitrogen and oxygen atoms in total. The van der Waals surface area contributed by atoms with Crippen LogP contribution < -0.4 is 15.1 Å². The number of amides is 1. The average Bonchev–Trinajstić information content (AvgIpc) is 2.68. The molecule has 1 amide bonds. The van der Waals surface area contributed by atoms with Gasteiger partial charge in [-0.25, -0.2) is 4.98 Å². The molecular formula is C22H28F3N5O. The number of carbonyl (C=O) groups is 1. The van der Waals surface area contributed by atoms with Gasteiger partial charge in [0.2, 0.25) is 5.95 Å². The van der Waals surface area contributed by atoms with Crippen molar-refractivity contribution in [1.82, 2.24) is 9.97 Å². The van der Waals surface area contributed by atoms with Gasteiger partial charge >= 0.3 is 12.1 Å². The van der Waals surface area contributed by atoms with E-state index in [0.29, 0.717) is 31.6 Å². The third-order valence-electron chi connectivity index (χ3n) is 5.44. The summed E-state index contributed by atoms with van der Waals surface area (Å²) in [6.45, 7) is 3.68. The van der Waals surface area contributed by atoms with Crippen LogP contribution >= 0.6 is 0 Å². The highest BCUT2D eigenvalue weighted by Gasteiger charge is 2.45. The van der Waals surface area contributed by atoms with Gasteiger partial charge in [-0.1, -0.05) is 12.1 Å². The number of hydrogen-bond donors (Lipinski definition) is 1. The van der Waals surface area contributed by atoms with Crippen molar-refractivity contribution in [2.24, 2.45) is 0 Å². The summed E-state index contributed by atoms with van der Waals surface area (Å²) >= 11 is 0. The number of aryl methyl sites for hydroxylation is 2. The normalized spacial score (nSPS) is 19.1. The summed E-state index contributed by atoms with van der Waals surface area (Å²) in [5.74, 6) is -0.522. The fourth-order valence-electron chi connectivity index (χ4n) is 3.91. The molecule has 1 heterocycles. The molecule has 1 saturated carbocycles. The van der Waals surface area contributed by atoms with Gasteiger partial charge in [-0.15, -0.1) is 0 Å². The van der Waals surface area contributed by atoms with Gasteiger partial charge in [0.25, 0.3) is 0 Å². The number of anilines is 3. The standard InChI is InChI=1S/C22H28F3N5O/c1-14-6-5-7-18(12-14)30(20(31)22(23,24)25)17-10-8-16(9-11-17)27-21-26-15(2)13-19(28-21)29(3)4/h5-7,12-13,16-17H,8-11H2,1-4H3,(H,26,27,28). The Kier molecular flexibility index (Phi) is 6.71. The summed E-state index contributed by atoms with van der Waals surface area (Å²) < 4.78 is 40.0. The second-order valence-corrected chi connectivity index (χ2v) is 8.25. The van der Waals surface area contributed by atoms with Crippen LogP contribution in [-0.4, -0.2) is 48.2 Å². The quantitative estimate of drug-likeness (QED) is 0.751. The van der Waals surface area contributed by atoms with Crippen LogP contribution in [0.5, 0.6) is 0 Å². The predicted octanol–water partition coefficient (Wildman–Crippen LogP) is 4.48. The van der Waals surface area contributed by atoms with Crippen LogP contribution in [0.2, 0.25) is 0 Å². The van der Waals surface area contributed by atoms with E-state index in [1.165, 1.54) is 0 Å². The molecule has 0 spiro atoms. The first-order valence-electron chi connectivity index (χ1n) is 10.3. The van der Waals surface area contributed by atoms with E-state index >= 15 is 0 Å². The van der Waals surface area contributed by atoms with Crippen LogP contribution in [0.3, 0.4) is 0 Å². The van der Waals surface area contributed by atoms with Crippen LogP contribution in [0.4, 0.5) is 30.6 Å². The van der Waals surface area contributed by atoms with Gasteiger partial charge < -0.3 is 15.1 Å². The fraction of sp³-hybridized carbons (Fsp3) is 0.500. The molecule has 3 rings (SSSR count). The predicted molar refractivity (Wildman–Crippen MR) is 115 cm³/mol. The Morgan fingerprint density at radius 3 is 2.32 bits per heavy atom. The van der Waals surface area contributed by atoms with E-state index in [0.717, 1.165) is 22.0 Å². The number of aromatic nitrogens is 2. The van der Waals surface area contributed by atoms with E-state index in [1.807, 2.05) is 32.0 Å². The number of benzene rings is 1. The van der Waals surface area contributed by atoms with E-state index in [-0.39, 0.29) is 11.7 Å². The largest absolute Gasteiger partial charge is 0.471 e. The Balaban J connectivity index is 1.73. The molecule has 1 aromatic carbocycles. The lowest BCUT2D eigenvalue weighted by Gasteiger charge is -2.37. The van der Waals surface area contributed by atoms with Crippen molar-refractivity contribution in [1.29, 1.82) is 0 Å². The van der Waals surface area contributed by atoms with E-state index < -0.39 is 18.1 Å². The van der Waals surface area contributed by atoms with Crippen LogP contribution in [0.25, 0.3) is 0 Å². The topological polar surface area (TPSA) is 61.4 Å². The Hall–Kier alpha value is -2.84. The van der Waals surface area contributed by atoms with E-state index in [4.69, 9.17) is 0 Å². The van der Waals surface area contributed by atoms with Crippen LogP contribution in [-0.2, 0) is 4.79 Å². The number of rotatable bonds is 5. The Morgan fingerprint density at radius 2 is 1.74 bits per heavy atom. The minimum atomic E-state index is -4.92. The first kappa shape index (κ1) is 22.8. The number of halogens is 3. The SMILES string of the molecule is Cc1cccc(N(C(=O)C(F)(F)F)C2CCC(Nc3nc(C)cc(N(C)C)n3)CC2)c1. The monoisotopic (exact) mass is 435 g/mol. The molecule has 31 heavy (non-hydrogen) atoms. The van der Waals surface area contributed by atoms with Gasteiger partial charge in [-0.05, 0) is 57.2 Å². The van der Waals surface area contributed by atoms with Crippen molar-refractivity contribution in [3.63, 3.8) is 0 Å². The van der Waals surface area contributed by atoms with Gasteiger partial charge in [0, 0.05) is 43.6 Å². The maximum atomic E-state index is 13.3. The molecule has 0 atom stereocenters. The highest BCUT2D eigenvalue weighted by Crippen LogP contribution is 2.33. The molecular weight excluding hydrogens is 407 g/mol. The molecule has 0 radical (unpaired) electrons. The number of carbonyl (C=O) groups excluding carboxylic acids is 1. The van der Waals surface area contributed by atoms with Gasteiger partial charge in [0.05, 0.1) is 0 Å². The molecule has 0 unspecified atom stereocenters. The minimum Gasteiger partial charge on any atom is -0.363 e. The third kappa shape index (κ3) is 5.65. The van der Waals surface area contributed by atoms with E-state index in [1.54, 1.807) is 31.2 Å². The van der Waals surface area contributed by atoms with Crippen molar-refractivity contribution in [2.75, 3.05) is 29.2 Å². The molecule has 0 saturated heterocycles. The van der Waals surface area contributed by atoms with E-state index in [2.05, 4.69) is 15.3 Å². The van der Waals surface area contributed by atoms with Crippen molar-refractivity contribution < 1.29 is 18.0 Å². The van der Waals surface area contributed by atoms with Crippen LogP contribution in [0.1, 0.15) is 36.9 Å². The van der Waals surface area contributed by atoms with Crippen molar-refractivity contribution in [3.8, 4) is 0 Å². The second kappa shape index (κ2) is 9.11. The second-order valence-electron chi connectivity index (χ2n) is 8.25. The minimum absolute atomic E-state index is 0.0356. The van der Waals surface area contributed by atoms with Gasteiger partial charge in [-0.3, -0.25) is 4.79 Å². The molecule has 1 N–H and O–H groups in total. The lowest BCUT2D eigenvalue weighted by Crippen LogP contribution is -2.49. The molecule has 0 aliphatic heterocycles. The molecule has 9 heteroatoms. The summed E-state index contributed by atoms with van der Waals surface area (Å²) in [6.07, 6.45) is -2.77. The maximum Gasteiger partial charge on any atom is 0.471 e. The van der Waals surface area contributed by atoms with Crippen molar-refractivity contribution in [3.05, 3.63) is 41.6 Å². The Bertz CT molecular complexity index is 924.